The van der Waals surface area contributed by atoms with Crippen molar-refractivity contribution in [2.45, 2.75) is 19.4 Å². The monoisotopic (exact) mass is 142 g/mol. The number of rotatable bonds is 2. The van der Waals surface area contributed by atoms with Crippen LogP contribution in [0.3, 0.4) is 0 Å². The molecule has 3 nitrogen and oxygen atoms in total. The Morgan fingerprint density at radius 2 is 2.50 bits per heavy atom. The zero-order valence-electron chi connectivity index (χ0n) is 6.55. The Morgan fingerprint density at radius 3 is 2.80 bits per heavy atom. The molecule has 1 aliphatic rings. The van der Waals surface area contributed by atoms with Gasteiger partial charge >= 0.3 is 0 Å². The lowest BCUT2D eigenvalue weighted by Crippen LogP contribution is -2.54. The van der Waals surface area contributed by atoms with Crippen LogP contribution in [-0.2, 0) is 4.79 Å². The number of likely N-dealkylation sites (tertiary alicyclic amines) is 1. The van der Waals surface area contributed by atoms with Gasteiger partial charge in [0.2, 0.25) is 5.91 Å². The van der Waals surface area contributed by atoms with Crippen molar-refractivity contribution in [1.82, 2.24) is 10.2 Å². The van der Waals surface area contributed by atoms with E-state index in [1.54, 1.807) is 6.92 Å². The van der Waals surface area contributed by atoms with Crippen molar-refractivity contribution >= 4 is 5.91 Å². The van der Waals surface area contributed by atoms with Crippen LogP contribution in [0.5, 0.6) is 0 Å². The van der Waals surface area contributed by atoms with Gasteiger partial charge in [-0.25, -0.2) is 0 Å². The van der Waals surface area contributed by atoms with Crippen LogP contribution in [0.2, 0.25) is 0 Å². The highest BCUT2D eigenvalue weighted by Crippen LogP contribution is 2.15. The van der Waals surface area contributed by atoms with E-state index in [1.165, 1.54) is 0 Å². The zero-order valence-corrected chi connectivity index (χ0v) is 6.55. The van der Waals surface area contributed by atoms with Crippen LogP contribution < -0.4 is 5.32 Å². The smallest absolute Gasteiger partial charge is 0.219 e. The first-order valence-electron chi connectivity index (χ1n) is 3.67. The fraction of sp³-hybridized carbons (Fsp3) is 0.857. The van der Waals surface area contributed by atoms with E-state index in [2.05, 4.69) is 5.32 Å². The average molecular weight is 142 g/mol. The molecule has 0 bridgehead atoms. The first kappa shape index (κ1) is 7.54. The maximum Gasteiger partial charge on any atom is 0.219 e. The molecule has 0 aliphatic carbocycles. The van der Waals surface area contributed by atoms with Gasteiger partial charge in [-0.05, 0) is 13.5 Å². The molecule has 3 heteroatoms. The van der Waals surface area contributed by atoms with Crippen LogP contribution in [-0.4, -0.2) is 37.0 Å². The second kappa shape index (κ2) is 3.01. The standard InChI is InChI=1S/C7H14N2O/c1-6(10)9-4-3-7(9)5-8-2/h7-8H,3-5H2,1-2H3. The number of nitrogens with one attached hydrogen (secondary N) is 1. The third-order valence-corrected chi connectivity index (χ3v) is 1.99. The maximum absolute atomic E-state index is 10.8. The number of likely N-dealkylation sites (N-methyl/N-ethyl adjacent to an activating group) is 1. The van der Waals surface area contributed by atoms with E-state index >= 15 is 0 Å². The lowest BCUT2D eigenvalue weighted by molar-refractivity contribution is -0.136. The Morgan fingerprint density at radius 1 is 1.80 bits per heavy atom. The minimum absolute atomic E-state index is 0.200. The lowest BCUT2D eigenvalue weighted by Gasteiger charge is -2.40. The predicted octanol–water partition coefficient (Wildman–Crippen LogP) is -0.173. The highest BCUT2D eigenvalue weighted by molar-refractivity contribution is 5.74. The molecule has 1 N–H and O–H groups in total. The quantitative estimate of drug-likeness (QED) is 0.580. The minimum atomic E-state index is 0.200. The second-order valence-electron chi connectivity index (χ2n) is 2.71. The van der Waals surface area contributed by atoms with Crippen molar-refractivity contribution in [3.05, 3.63) is 0 Å². The van der Waals surface area contributed by atoms with Gasteiger partial charge in [0.25, 0.3) is 0 Å². The third-order valence-electron chi connectivity index (χ3n) is 1.99. The largest absolute Gasteiger partial charge is 0.339 e. The predicted molar refractivity (Wildman–Crippen MR) is 39.7 cm³/mol. The molecule has 1 amide bonds. The van der Waals surface area contributed by atoms with Crippen molar-refractivity contribution in [1.29, 1.82) is 0 Å². The van der Waals surface area contributed by atoms with Crippen LogP contribution >= 0.6 is 0 Å². The highest BCUT2D eigenvalue weighted by atomic mass is 16.2. The molecule has 0 aromatic heterocycles. The Bertz CT molecular complexity index is 136. The Labute approximate surface area is 61.4 Å². The molecule has 10 heavy (non-hydrogen) atoms. The maximum atomic E-state index is 10.8. The molecule has 1 unspecified atom stereocenters. The van der Waals surface area contributed by atoms with Gasteiger partial charge in [0, 0.05) is 26.1 Å². The topological polar surface area (TPSA) is 32.3 Å². The molecule has 0 aromatic carbocycles. The summed E-state index contributed by atoms with van der Waals surface area (Å²) in [5.41, 5.74) is 0. The van der Waals surface area contributed by atoms with Gasteiger partial charge < -0.3 is 10.2 Å². The van der Waals surface area contributed by atoms with E-state index in [0.717, 1.165) is 19.5 Å². The van der Waals surface area contributed by atoms with E-state index in [9.17, 15) is 4.79 Å². The SMILES string of the molecule is CNCC1CCN1C(C)=O. The number of hydrogen-bond acceptors (Lipinski definition) is 2. The molecular weight excluding hydrogens is 128 g/mol. The van der Waals surface area contributed by atoms with Crippen molar-refractivity contribution < 1.29 is 4.79 Å². The molecule has 58 valence electrons. The molecular formula is C7H14N2O. The fourth-order valence-corrected chi connectivity index (χ4v) is 1.30. The van der Waals surface area contributed by atoms with Crippen LogP contribution in [0.25, 0.3) is 0 Å². The number of amides is 1. The highest BCUT2D eigenvalue weighted by Gasteiger charge is 2.28. The Hall–Kier alpha value is -0.570. The summed E-state index contributed by atoms with van der Waals surface area (Å²) in [5.74, 6) is 0.200. The van der Waals surface area contributed by atoms with Crippen LogP contribution in [0.4, 0.5) is 0 Å². The van der Waals surface area contributed by atoms with Gasteiger partial charge in [-0.15, -0.1) is 0 Å². The molecule has 0 aromatic rings. The number of nitrogens with zero attached hydrogens (tertiary/aromatic N) is 1. The van der Waals surface area contributed by atoms with Crippen molar-refractivity contribution in [3.8, 4) is 0 Å². The second-order valence-corrected chi connectivity index (χ2v) is 2.71. The molecule has 0 saturated carbocycles. The number of carbonyl (C=O) groups excluding carboxylic acids is 1. The summed E-state index contributed by atoms with van der Waals surface area (Å²) >= 11 is 0. The molecule has 1 aliphatic heterocycles. The zero-order chi connectivity index (χ0) is 7.56. The van der Waals surface area contributed by atoms with Crippen molar-refractivity contribution in [2.75, 3.05) is 20.1 Å². The van der Waals surface area contributed by atoms with E-state index < -0.39 is 0 Å². The first-order chi connectivity index (χ1) is 4.75. The first-order valence-corrected chi connectivity index (χ1v) is 3.67. The summed E-state index contributed by atoms with van der Waals surface area (Å²) in [6.07, 6.45) is 1.15. The Kier molecular flexibility index (Phi) is 2.27. The van der Waals surface area contributed by atoms with Crippen LogP contribution in [0.1, 0.15) is 13.3 Å². The fourth-order valence-electron chi connectivity index (χ4n) is 1.30. The summed E-state index contributed by atoms with van der Waals surface area (Å²) in [6, 6.07) is 0.461. The molecule has 1 heterocycles. The lowest BCUT2D eigenvalue weighted by atomic mass is 10.0. The van der Waals surface area contributed by atoms with Crippen LogP contribution in [0.15, 0.2) is 0 Å². The summed E-state index contributed by atoms with van der Waals surface area (Å²) in [5, 5.41) is 3.06. The molecule has 1 rings (SSSR count). The normalized spacial score (nSPS) is 24.2. The Balaban J connectivity index is 2.28. The molecule has 1 atom stereocenters. The van der Waals surface area contributed by atoms with Gasteiger partial charge in [0.1, 0.15) is 0 Å². The van der Waals surface area contributed by atoms with Gasteiger partial charge in [-0.1, -0.05) is 0 Å². The van der Waals surface area contributed by atoms with Crippen molar-refractivity contribution in [2.24, 2.45) is 0 Å². The number of hydrogen-bond donors (Lipinski definition) is 1. The molecule has 1 saturated heterocycles. The van der Waals surface area contributed by atoms with E-state index in [1.807, 2.05) is 11.9 Å². The summed E-state index contributed by atoms with van der Waals surface area (Å²) < 4.78 is 0. The van der Waals surface area contributed by atoms with Crippen molar-refractivity contribution in [3.63, 3.8) is 0 Å². The third kappa shape index (κ3) is 1.29. The summed E-state index contributed by atoms with van der Waals surface area (Å²) in [7, 11) is 1.91. The average Bonchev–Trinajstić information content (AvgIpc) is 1.78. The molecule has 0 radical (unpaired) electrons. The van der Waals surface area contributed by atoms with Gasteiger partial charge in [-0.2, -0.15) is 0 Å². The number of carbonyl (C=O) groups is 1. The molecule has 1 fully saturated rings. The van der Waals surface area contributed by atoms with Gasteiger partial charge in [0.15, 0.2) is 0 Å². The summed E-state index contributed by atoms with van der Waals surface area (Å²) in [4.78, 5) is 12.7. The molecule has 0 spiro atoms. The minimum Gasteiger partial charge on any atom is -0.339 e. The van der Waals surface area contributed by atoms with Gasteiger partial charge in [0.05, 0.1) is 0 Å². The van der Waals surface area contributed by atoms with E-state index in [-0.39, 0.29) is 5.91 Å². The van der Waals surface area contributed by atoms with Crippen LogP contribution in [0, 0.1) is 0 Å². The van der Waals surface area contributed by atoms with E-state index in [4.69, 9.17) is 0 Å². The van der Waals surface area contributed by atoms with Gasteiger partial charge in [-0.3, -0.25) is 4.79 Å². The van der Waals surface area contributed by atoms with E-state index in [0.29, 0.717) is 6.04 Å². The summed E-state index contributed by atoms with van der Waals surface area (Å²) in [6.45, 7) is 3.50.